The van der Waals surface area contributed by atoms with Crippen LogP contribution in [0.4, 0.5) is 8.78 Å². The lowest BCUT2D eigenvalue weighted by Crippen LogP contribution is -2.06. The van der Waals surface area contributed by atoms with Crippen molar-refractivity contribution in [2.75, 3.05) is 0 Å². The van der Waals surface area contributed by atoms with Gasteiger partial charge in [0.25, 0.3) is 0 Å². The monoisotopic (exact) mass is 283 g/mol. The van der Waals surface area contributed by atoms with E-state index in [1.165, 1.54) is 18.2 Å². The van der Waals surface area contributed by atoms with Crippen molar-refractivity contribution in [1.82, 2.24) is 0 Å². The van der Waals surface area contributed by atoms with Crippen molar-refractivity contribution >= 4 is 11.6 Å². The molecule has 2 nitrogen and oxygen atoms in total. The normalized spacial score (nSPS) is 10.5. The fraction of sp³-hybridized carbons (Fsp3) is 0.143. The molecule has 0 saturated heterocycles. The van der Waals surface area contributed by atoms with E-state index in [-0.39, 0.29) is 18.7 Å². The second kappa shape index (κ2) is 5.99. The summed E-state index contributed by atoms with van der Waals surface area (Å²) in [7, 11) is 0. The maximum atomic E-state index is 13.5. The van der Waals surface area contributed by atoms with Crippen LogP contribution in [-0.4, -0.2) is 0 Å². The molecule has 0 radical (unpaired) electrons. The molecule has 2 N–H and O–H groups in total. The van der Waals surface area contributed by atoms with Gasteiger partial charge in [0.05, 0.1) is 10.6 Å². The van der Waals surface area contributed by atoms with Crippen LogP contribution in [0.1, 0.15) is 11.1 Å². The summed E-state index contributed by atoms with van der Waals surface area (Å²) in [5.74, 6) is -0.947. The van der Waals surface area contributed by atoms with Gasteiger partial charge >= 0.3 is 0 Å². The van der Waals surface area contributed by atoms with Crippen LogP contribution in [0.25, 0.3) is 0 Å². The van der Waals surface area contributed by atoms with E-state index in [2.05, 4.69) is 0 Å². The van der Waals surface area contributed by atoms with Crippen LogP contribution in [0, 0.1) is 11.6 Å². The summed E-state index contributed by atoms with van der Waals surface area (Å²) >= 11 is 5.99. The molecule has 0 bridgehead atoms. The van der Waals surface area contributed by atoms with Crippen LogP contribution in [0.5, 0.6) is 5.75 Å². The molecule has 0 amide bonds. The molecular formula is C14H12ClF2NO. The predicted molar refractivity (Wildman–Crippen MR) is 70.0 cm³/mol. The van der Waals surface area contributed by atoms with Crippen molar-refractivity contribution in [1.29, 1.82) is 0 Å². The molecule has 0 unspecified atom stereocenters. The number of rotatable bonds is 4. The molecule has 0 saturated carbocycles. The van der Waals surface area contributed by atoms with Crippen molar-refractivity contribution in [3.05, 3.63) is 64.2 Å². The van der Waals surface area contributed by atoms with Gasteiger partial charge in [-0.3, -0.25) is 0 Å². The number of hydrogen-bond donors (Lipinski definition) is 1. The first-order valence-corrected chi connectivity index (χ1v) is 6.04. The zero-order chi connectivity index (χ0) is 13.8. The van der Waals surface area contributed by atoms with Crippen LogP contribution in [-0.2, 0) is 13.2 Å². The van der Waals surface area contributed by atoms with E-state index in [4.69, 9.17) is 22.1 Å². The third-order valence-corrected chi connectivity index (χ3v) is 2.99. The Morgan fingerprint density at radius 3 is 2.32 bits per heavy atom. The lowest BCUT2D eigenvalue weighted by molar-refractivity contribution is 0.290. The van der Waals surface area contributed by atoms with Gasteiger partial charge in [0.2, 0.25) is 0 Å². The van der Waals surface area contributed by atoms with Crippen LogP contribution in [0.15, 0.2) is 36.4 Å². The topological polar surface area (TPSA) is 35.2 Å². The highest BCUT2D eigenvalue weighted by molar-refractivity contribution is 6.32. The zero-order valence-electron chi connectivity index (χ0n) is 10.00. The van der Waals surface area contributed by atoms with Gasteiger partial charge in [-0.1, -0.05) is 29.8 Å². The largest absolute Gasteiger partial charge is 0.487 e. The standard InChI is InChI=1S/C14H12ClF2NO/c15-11-4-1-3-9(7-18)14(11)19-8-10-12(16)5-2-6-13(10)17/h1-6H,7-8,18H2. The maximum absolute atomic E-state index is 13.5. The van der Waals surface area contributed by atoms with E-state index in [0.717, 1.165) is 0 Å². The van der Waals surface area contributed by atoms with E-state index < -0.39 is 11.6 Å². The minimum Gasteiger partial charge on any atom is -0.487 e. The second-order valence-electron chi connectivity index (χ2n) is 3.92. The summed E-state index contributed by atoms with van der Waals surface area (Å²) in [6, 6.07) is 8.78. The van der Waals surface area contributed by atoms with Gasteiger partial charge in [0.1, 0.15) is 24.0 Å². The number of ether oxygens (including phenoxy) is 1. The predicted octanol–water partition coefficient (Wildman–Crippen LogP) is 3.66. The van der Waals surface area contributed by atoms with Crippen molar-refractivity contribution < 1.29 is 13.5 Å². The SMILES string of the molecule is NCc1cccc(Cl)c1OCc1c(F)cccc1F. The fourth-order valence-corrected chi connectivity index (χ4v) is 1.94. The summed E-state index contributed by atoms with van der Waals surface area (Å²) in [4.78, 5) is 0. The zero-order valence-corrected chi connectivity index (χ0v) is 10.8. The summed E-state index contributed by atoms with van der Waals surface area (Å²) in [5, 5.41) is 0.361. The molecule has 5 heteroatoms. The Morgan fingerprint density at radius 2 is 1.68 bits per heavy atom. The molecule has 2 aromatic carbocycles. The number of benzene rings is 2. The van der Waals surface area contributed by atoms with Crippen molar-refractivity contribution in [2.45, 2.75) is 13.2 Å². The molecule has 0 aliphatic carbocycles. The van der Waals surface area contributed by atoms with Crippen LogP contribution >= 0.6 is 11.6 Å². The molecule has 0 aliphatic heterocycles. The molecular weight excluding hydrogens is 272 g/mol. The molecule has 0 fully saturated rings. The Morgan fingerprint density at radius 1 is 1.05 bits per heavy atom. The molecule has 0 aliphatic rings. The van der Waals surface area contributed by atoms with Crippen molar-refractivity contribution in [2.24, 2.45) is 5.73 Å². The smallest absolute Gasteiger partial charge is 0.142 e. The minimum absolute atomic E-state index is 0.134. The molecule has 0 atom stereocenters. The first-order chi connectivity index (χ1) is 9.13. The van der Waals surface area contributed by atoms with Gasteiger partial charge in [-0.25, -0.2) is 8.78 Å². The lowest BCUT2D eigenvalue weighted by atomic mass is 10.2. The van der Waals surface area contributed by atoms with Crippen LogP contribution in [0.2, 0.25) is 5.02 Å². The molecule has 0 aromatic heterocycles. The van der Waals surface area contributed by atoms with Gasteiger partial charge in [-0.2, -0.15) is 0 Å². The molecule has 0 heterocycles. The Hall–Kier alpha value is -1.65. The lowest BCUT2D eigenvalue weighted by Gasteiger charge is -2.12. The summed E-state index contributed by atoms with van der Waals surface area (Å²) in [6.45, 7) is -0.00904. The van der Waals surface area contributed by atoms with Gasteiger partial charge in [0, 0.05) is 12.1 Å². The molecule has 2 rings (SSSR count). The Labute approximate surface area is 114 Å². The van der Waals surface area contributed by atoms with E-state index in [1.807, 2.05) is 0 Å². The highest BCUT2D eigenvalue weighted by Gasteiger charge is 2.12. The first kappa shape index (κ1) is 13.8. The molecule has 100 valence electrons. The van der Waals surface area contributed by atoms with E-state index in [9.17, 15) is 8.78 Å². The summed E-state index contributed by atoms with van der Waals surface area (Å²) in [6.07, 6.45) is 0. The summed E-state index contributed by atoms with van der Waals surface area (Å²) < 4.78 is 32.3. The fourth-order valence-electron chi connectivity index (χ4n) is 1.69. The van der Waals surface area contributed by atoms with E-state index in [0.29, 0.717) is 16.3 Å². The van der Waals surface area contributed by atoms with Crippen molar-refractivity contribution in [3.63, 3.8) is 0 Å². The van der Waals surface area contributed by atoms with Crippen LogP contribution < -0.4 is 10.5 Å². The average Bonchev–Trinajstić information content (AvgIpc) is 2.39. The van der Waals surface area contributed by atoms with E-state index >= 15 is 0 Å². The molecule has 0 spiro atoms. The number of halogens is 3. The number of hydrogen-bond acceptors (Lipinski definition) is 2. The quantitative estimate of drug-likeness (QED) is 0.929. The maximum Gasteiger partial charge on any atom is 0.142 e. The average molecular weight is 284 g/mol. The Kier molecular flexibility index (Phi) is 4.35. The third kappa shape index (κ3) is 3.03. The van der Waals surface area contributed by atoms with Gasteiger partial charge < -0.3 is 10.5 Å². The first-order valence-electron chi connectivity index (χ1n) is 5.66. The molecule has 2 aromatic rings. The minimum atomic E-state index is -0.652. The number of nitrogens with two attached hydrogens (primary N) is 1. The Balaban J connectivity index is 2.24. The molecule has 19 heavy (non-hydrogen) atoms. The summed E-state index contributed by atoms with van der Waals surface area (Å²) in [5.41, 5.74) is 6.11. The second-order valence-corrected chi connectivity index (χ2v) is 4.33. The van der Waals surface area contributed by atoms with Gasteiger partial charge in [-0.05, 0) is 18.2 Å². The highest BCUT2D eigenvalue weighted by atomic mass is 35.5. The third-order valence-electron chi connectivity index (χ3n) is 2.69. The van der Waals surface area contributed by atoms with Gasteiger partial charge in [-0.15, -0.1) is 0 Å². The Bertz CT molecular complexity index is 569. The number of para-hydroxylation sites is 1. The van der Waals surface area contributed by atoms with Crippen LogP contribution in [0.3, 0.4) is 0 Å². The van der Waals surface area contributed by atoms with E-state index in [1.54, 1.807) is 18.2 Å². The van der Waals surface area contributed by atoms with Crippen molar-refractivity contribution in [3.8, 4) is 5.75 Å². The highest BCUT2D eigenvalue weighted by Crippen LogP contribution is 2.29. The van der Waals surface area contributed by atoms with Gasteiger partial charge in [0.15, 0.2) is 0 Å².